The SMILES string of the molecule is CN(C)C1(CNC(=O)Nc2ccc(CCC(=O)NC3CC3)cc2)CCOCC1. The van der Waals surface area contributed by atoms with Gasteiger partial charge in [0.2, 0.25) is 5.91 Å². The first-order chi connectivity index (χ1) is 13.5. The van der Waals surface area contributed by atoms with E-state index < -0.39 is 0 Å². The molecule has 0 spiro atoms. The van der Waals surface area contributed by atoms with Crippen molar-refractivity contribution >= 4 is 17.6 Å². The average molecular weight is 389 g/mol. The fourth-order valence-electron chi connectivity index (χ4n) is 3.49. The molecule has 7 nitrogen and oxygen atoms in total. The molecule has 3 rings (SSSR count). The molecule has 1 saturated heterocycles. The molecule has 1 aliphatic heterocycles. The van der Waals surface area contributed by atoms with Crippen molar-refractivity contribution in [3.05, 3.63) is 29.8 Å². The Hall–Kier alpha value is -2.12. The summed E-state index contributed by atoms with van der Waals surface area (Å²) in [6, 6.07) is 7.88. The number of amides is 3. The lowest BCUT2D eigenvalue weighted by Crippen LogP contribution is -2.56. The Morgan fingerprint density at radius 1 is 1.14 bits per heavy atom. The fourth-order valence-corrected chi connectivity index (χ4v) is 3.49. The largest absolute Gasteiger partial charge is 0.381 e. The molecular weight excluding hydrogens is 356 g/mol. The van der Waals surface area contributed by atoms with Crippen molar-refractivity contribution in [1.29, 1.82) is 0 Å². The summed E-state index contributed by atoms with van der Waals surface area (Å²) in [6.45, 7) is 2.03. The molecule has 0 radical (unpaired) electrons. The number of nitrogens with one attached hydrogen (secondary N) is 3. The second-order valence-electron chi connectivity index (χ2n) is 8.08. The van der Waals surface area contributed by atoms with Crippen molar-refractivity contribution in [2.45, 2.75) is 50.1 Å². The third kappa shape index (κ3) is 5.94. The number of anilines is 1. The Kier molecular flexibility index (Phi) is 6.91. The van der Waals surface area contributed by atoms with E-state index in [2.05, 4.69) is 34.9 Å². The van der Waals surface area contributed by atoms with Gasteiger partial charge < -0.3 is 25.6 Å². The molecular formula is C21H32N4O3. The molecule has 3 N–H and O–H groups in total. The van der Waals surface area contributed by atoms with Crippen LogP contribution in [0.2, 0.25) is 0 Å². The summed E-state index contributed by atoms with van der Waals surface area (Å²) >= 11 is 0. The molecule has 0 atom stereocenters. The maximum atomic E-state index is 12.3. The van der Waals surface area contributed by atoms with Gasteiger partial charge in [-0.3, -0.25) is 4.79 Å². The minimum atomic E-state index is -0.204. The molecule has 0 aromatic heterocycles. The number of likely N-dealkylation sites (N-methyl/N-ethyl adjacent to an activating group) is 1. The number of aryl methyl sites for hydroxylation is 1. The monoisotopic (exact) mass is 388 g/mol. The molecule has 1 aliphatic carbocycles. The number of ether oxygens (including phenoxy) is 1. The van der Waals surface area contributed by atoms with E-state index >= 15 is 0 Å². The van der Waals surface area contributed by atoms with Crippen LogP contribution in [0, 0.1) is 0 Å². The van der Waals surface area contributed by atoms with E-state index in [1.54, 1.807) is 0 Å². The van der Waals surface area contributed by atoms with Gasteiger partial charge in [0, 0.05) is 43.4 Å². The number of carbonyl (C=O) groups excluding carboxylic acids is 2. The van der Waals surface area contributed by atoms with E-state index in [1.165, 1.54) is 0 Å². The summed E-state index contributed by atoms with van der Waals surface area (Å²) in [5, 5.41) is 8.88. The summed E-state index contributed by atoms with van der Waals surface area (Å²) < 4.78 is 5.46. The average Bonchev–Trinajstić information content (AvgIpc) is 3.50. The van der Waals surface area contributed by atoms with Gasteiger partial charge in [-0.25, -0.2) is 4.79 Å². The van der Waals surface area contributed by atoms with Crippen LogP contribution in [0.4, 0.5) is 10.5 Å². The van der Waals surface area contributed by atoms with Crippen LogP contribution in [0.3, 0.4) is 0 Å². The zero-order valence-electron chi connectivity index (χ0n) is 16.9. The maximum Gasteiger partial charge on any atom is 0.319 e. The van der Waals surface area contributed by atoms with Gasteiger partial charge in [-0.15, -0.1) is 0 Å². The molecule has 1 aromatic rings. The van der Waals surface area contributed by atoms with Crippen molar-refractivity contribution in [3.63, 3.8) is 0 Å². The zero-order valence-corrected chi connectivity index (χ0v) is 16.9. The van der Waals surface area contributed by atoms with Crippen LogP contribution in [0.15, 0.2) is 24.3 Å². The fraction of sp³-hybridized carbons (Fsp3) is 0.619. The van der Waals surface area contributed by atoms with Crippen LogP contribution in [-0.4, -0.2) is 62.3 Å². The summed E-state index contributed by atoms with van der Waals surface area (Å²) in [5.41, 5.74) is 1.78. The van der Waals surface area contributed by atoms with Gasteiger partial charge in [-0.05, 0) is 63.9 Å². The molecule has 3 amide bonds. The first-order valence-electron chi connectivity index (χ1n) is 10.2. The molecule has 0 bridgehead atoms. The Bertz CT molecular complexity index is 665. The standard InChI is InChI=1S/C21H32N4O3/c1-25(2)21(11-13-28-14-12-21)15-22-20(27)24-18-6-3-16(4-7-18)5-10-19(26)23-17-8-9-17/h3-4,6-7,17H,5,8-15H2,1-2H3,(H,23,26)(H2,22,24,27). The topological polar surface area (TPSA) is 82.7 Å². The molecule has 7 heteroatoms. The summed E-state index contributed by atoms with van der Waals surface area (Å²) in [6.07, 6.45) is 5.24. The lowest BCUT2D eigenvalue weighted by atomic mass is 9.88. The maximum absolute atomic E-state index is 12.3. The lowest BCUT2D eigenvalue weighted by molar-refractivity contribution is -0.121. The first kappa shape index (κ1) is 20.6. The molecule has 1 heterocycles. The molecule has 28 heavy (non-hydrogen) atoms. The highest BCUT2D eigenvalue weighted by Crippen LogP contribution is 2.25. The van der Waals surface area contributed by atoms with Gasteiger partial charge in [0.1, 0.15) is 0 Å². The first-order valence-corrected chi connectivity index (χ1v) is 10.2. The normalized spacial score (nSPS) is 18.5. The van der Waals surface area contributed by atoms with Gasteiger partial charge in [0.25, 0.3) is 0 Å². The second kappa shape index (κ2) is 9.39. The second-order valence-corrected chi connectivity index (χ2v) is 8.08. The number of urea groups is 1. The number of hydrogen-bond donors (Lipinski definition) is 3. The Morgan fingerprint density at radius 2 is 1.82 bits per heavy atom. The van der Waals surface area contributed by atoms with E-state index in [9.17, 15) is 9.59 Å². The van der Waals surface area contributed by atoms with Gasteiger partial charge in [0.05, 0.1) is 0 Å². The highest BCUT2D eigenvalue weighted by Gasteiger charge is 2.35. The van der Waals surface area contributed by atoms with Crippen LogP contribution >= 0.6 is 0 Å². The van der Waals surface area contributed by atoms with Gasteiger partial charge in [-0.1, -0.05) is 12.1 Å². The van der Waals surface area contributed by atoms with Crippen LogP contribution in [-0.2, 0) is 16.0 Å². The zero-order chi connectivity index (χ0) is 20.0. The highest BCUT2D eigenvalue weighted by atomic mass is 16.5. The quantitative estimate of drug-likeness (QED) is 0.637. The van der Waals surface area contributed by atoms with Crippen LogP contribution in [0.25, 0.3) is 0 Å². The van der Waals surface area contributed by atoms with Crippen molar-refractivity contribution in [1.82, 2.24) is 15.5 Å². The third-order valence-electron chi connectivity index (χ3n) is 5.75. The van der Waals surface area contributed by atoms with Crippen LogP contribution < -0.4 is 16.0 Å². The van der Waals surface area contributed by atoms with Crippen molar-refractivity contribution < 1.29 is 14.3 Å². The molecule has 154 valence electrons. The van der Waals surface area contributed by atoms with Crippen molar-refractivity contribution in [2.75, 3.05) is 39.2 Å². The number of benzene rings is 1. The number of carbonyl (C=O) groups is 2. The van der Waals surface area contributed by atoms with E-state index in [4.69, 9.17) is 4.74 Å². The van der Waals surface area contributed by atoms with E-state index in [0.717, 1.165) is 50.1 Å². The molecule has 2 aliphatic rings. The smallest absolute Gasteiger partial charge is 0.319 e. The molecule has 1 saturated carbocycles. The van der Waals surface area contributed by atoms with Crippen molar-refractivity contribution in [3.8, 4) is 0 Å². The van der Waals surface area contributed by atoms with E-state index in [0.29, 0.717) is 25.4 Å². The Labute approximate surface area is 167 Å². The Morgan fingerprint density at radius 3 is 2.43 bits per heavy atom. The lowest BCUT2D eigenvalue weighted by Gasteiger charge is -2.42. The van der Waals surface area contributed by atoms with Gasteiger partial charge in [0.15, 0.2) is 0 Å². The minimum absolute atomic E-state index is 0.0551. The highest BCUT2D eigenvalue weighted by molar-refractivity contribution is 5.89. The third-order valence-corrected chi connectivity index (χ3v) is 5.75. The van der Waals surface area contributed by atoms with Gasteiger partial charge in [-0.2, -0.15) is 0 Å². The van der Waals surface area contributed by atoms with E-state index in [-0.39, 0.29) is 17.5 Å². The molecule has 0 unspecified atom stereocenters. The van der Waals surface area contributed by atoms with Gasteiger partial charge >= 0.3 is 6.03 Å². The van der Waals surface area contributed by atoms with Crippen LogP contribution in [0.5, 0.6) is 0 Å². The minimum Gasteiger partial charge on any atom is -0.381 e. The van der Waals surface area contributed by atoms with Crippen molar-refractivity contribution in [2.24, 2.45) is 0 Å². The van der Waals surface area contributed by atoms with E-state index in [1.807, 2.05) is 24.3 Å². The summed E-state index contributed by atoms with van der Waals surface area (Å²) in [7, 11) is 4.10. The number of nitrogens with zero attached hydrogens (tertiary/aromatic N) is 1. The number of rotatable bonds is 8. The Balaban J connectivity index is 1.42. The predicted octanol–water partition coefficient (Wildman–Crippen LogP) is 2.13. The number of hydrogen-bond acceptors (Lipinski definition) is 4. The summed E-state index contributed by atoms with van der Waals surface area (Å²) in [4.78, 5) is 26.3. The predicted molar refractivity (Wildman–Crippen MR) is 109 cm³/mol. The summed E-state index contributed by atoms with van der Waals surface area (Å²) in [5.74, 6) is 0.118. The van der Waals surface area contributed by atoms with Crippen LogP contribution in [0.1, 0.15) is 37.7 Å². The molecule has 1 aromatic carbocycles. The molecule has 2 fully saturated rings.